The highest BCUT2D eigenvalue weighted by Gasteiger charge is 2.17. The molecule has 8 heteroatoms. The van der Waals surface area contributed by atoms with Gasteiger partial charge in [-0.1, -0.05) is 42.5 Å². The first-order chi connectivity index (χ1) is 14.0. The lowest BCUT2D eigenvalue weighted by Gasteiger charge is -2.12. The van der Waals surface area contributed by atoms with E-state index in [1.807, 2.05) is 30.3 Å². The van der Waals surface area contributed by atoms with E-state index in [0.717, 1.165) is 5.56 Å². The number of amides is 2. The van der Waals surface area contributed by atoms with Gasteiger partial charge in [-0.25, -0.2) is 9.07 Å². The highest BCUT2D eigenvalue weighted by atomic mass is 19.1. The molecule has 148 valence electrons. The Labute approximate surface area is 166 Å². The summed E-state index contributed by atoms with van der Waals surface area (Å²) in [5.41, 5.74) is 0.365. The number of nitrogens with zero attached hydrogens (tertiary/aromatic N) is 2. The van der Waals surface area contributed by atoms with Crippen molar-refractivity contribution in [2.45, 2.75) is 13.5 Å². The standard InChI is InChI=1S/C21H19FN4O3/c1-14-11-18(27)20(25-26(14)17-10-6-5-9-16(17)22)21(29)24-13-19(28)23-12-15-7-3-2-4-8-15/h2-11H,12-13H2,1H3,(H,23,28)(H,24,29). The van der Waals surface area contributed by atoms with E-state index >= 15 is 0 Å². The number of nitrogens with one attached hydrogen (secondary N) is 2. The zero-order valence-corrected chi connectivity index (χ0v) is 15.7. The second-order valence-electron chi connectivity index (χ2n) is 6.31. The molecule has 0 aliphatic heterocycles. The number of carbonyl (C=O) groups is 2. The first kappa shape index (κ1) is 19.9. The third kappa shape index (κ3) is 4.92. The van der Waals surface area contributed by atoms with Gasteiger partial charge in [0, 0.05) is 18.3 Å². The number of carbonyl (C=O) groups excluding carboxylic acids is 2. The Morgan fingerprint density at radius 2 is 1.72 bits per heavy atom. The van der Waals surface area contributed by atoms with Crippen molar-refractivity contribution in [3.8, 4) is 5.69 Å². The van der Waals surface area contributed by atoms with Crippen LogP contribution < -0.4 is 16.1 Å². The molecule has 0 spiro atoms. The number of halogens is 1. The van der Waals surface area contributed by atoms with E-state index in [1.165, 1.54) is 28.9 Å². The van der Waals surface area contributed by atoms with E-state index in [4.69, 9.17) is 0 Å². The van der Waals surface area contributed by atoms with Gasteiger partial charge in [-0.3, -0.25) is 14.4 Å². The Balaban J connectivity index is 1.69. The molecule has 0 aliphatic rings. The minimum absolute atomic E-state index is 0.111. The van der Waals surface area contributed by atoms with E-state index in [1.54, 1.807) is 13.0 Å². The van der Waals surface area contributed by atoms with Gasteiger partial charge < -0.3 is 10.6 Å². The minimum Gasteiger partial charge on any atom is -0.350 e. The number of para-hydroxylation sites is 1. The predicted molar refractivity (Wildman–Crippen MR) is 105 cm³/mol. The summed E-state index contributed by atoms with van der Waals surface area (Å²) in [6.07, 6.45) is 0. The van der Waals surface area contributed by atoms with E-state index < -0.39 is 28.8 Å². The fourth-order valence-electron chi connectivity index (χ4n) is 2.68. The normalized spacial score (nSPS) is 10.4. The fourth-order valence-corrected chi connectivity index (χ4v) is 2.68. The molecule has 0 radical (unpaired) electrons. The van der Waals surface area contributed by atoms with Crippen LogP contribution in [0.15, 0.2) is 65.5 Å². The molecule has 2 amide bonds. The molecule has 0 unspecified atom stereocenters. The highest BCUT2D eigenvalue weighted by molar-refractivity contribution is 5.94. The van der Waals surface area contributed by atoms with Gasteiger partial charge >= 0.3 is 0 Å². The van der Waals surface area contributed by atoms with Crippen molar-refractivity contribution in [2.24, 2.45) is 0 Å². The van der Waals surface area contributed by atoms with Gasteiger partial charge in [-0.05, 0) is 24.6 Å². The fraction of sp³-hybridized carbons (Fsp3) is 0.143. The summed E-state index contributed by atoms with van der Waals surface area (Å²) in [7, 11) is 0. The lowest BCUT2D eigenvalue weighted by atomic mass is 10.2. The average Bonchev–Trinajstić information content (AvgIpc) is 2.72. The van der Waals surface area contributed by atoms with Crippen LogP contribution in [0.1, 0.15) is 21.7 Å². The molecule has 7 nitrogen and oxygen atoms in total. The van der Waals surface area contributed by atoms with Gasteiger partial charge in [-0.2, -0.15) is 5.10 Å². The maximum absolute atomic E-state index is 14.1. The molecule has 2 aromatic carbocycles. The van der Waals surface area contributed by atoms with Gasteiger partial charge in [-0.15, -0.1) is 0 Å². The molecule has 2 N–H and O–H groups in total. The molecular formula is C21H19FN4O3. The second kappa shape index (κ2) is 8.92. The smallest absolute Gasteiger partial charge is 0.276 e. The van der Waals surface area contributed by atoms with Gasteiger partial charge in [0.2, 0.25) is 11.3 Å². The number of hydrogen-bond donors (Lipinski definition) is 2. The third-order valence-corrected chi connectivity index (χ3v) is 4.15. The zero-order valence-electron chi connectivity index (χ0n) is 15.7. The summed E-state index contributed by atoms with van der Waals surface area (Å²) in [5.74, 6) is -1.77. The van der Waals surface area contributed by atoms with Crippen molar-refractivity contribution in [3.05, 3.63) is 93.7 Å². The first-order valence-electron chi connectivity index (χ1n) is 8.90. The molecule has 3 aromatic rings. The second-order valence-corrected chi connectivity index (χ2v) is 6.31. The van der Waals surface area contributed by atoms with Crippen LogP contribution in [0.3, 0.4) is 0 Å². The van der Waals surface area contributed by atoms with Crippen molar-refractivity contribution in [2.75, 3.05) is 6.54 Å². The van der Waals surface area contributed by atoms with E-state index in [9.17, 15) is 18.8 Å². The van der Waals surface area contributed by atoms with Crippen LogP contribution in [0.4, 0.5) is 4.39 Å². The summed E-state index contributed by atoms with van der Waals surface area (Å²) < 4.78 is 15.3. The number of aryl methyl sites for hydroxylation is 1. The lowest BCUT2D eigenvalue weighted by Crippen LogP contribution is -2.39. The number of benzene rings is 2. The quantitative estimate of drug-likeness (QED) is 0.666. The Morgan fingerprint density at radius 3 is 2.45 bits per heavy atom. The van der Waals surface area contributed by atoms with Gasteiger partial charge in [0.15, 0.2) is 5.69 Å². The highest BCUT2D eigenvalue weighted by Crippen LogP contribution is 2.13. The Hall–Kier alpha value is -3.81. The van der Waals surface area contributed by atoms with E-state index in [2.05, 4.69) is 15.7 Å². The van der Waals surface area contributed by atoms with Crippen LogP contribution >= 0.6 is 0 Å². The van der Waals surface area contributed by atoms with Crippen LogP contribution in [0.25, 0.3) is 5.69 Å². The average molecular weight is 394 g/mol. The number of aromatic nitrogens is 2. The van der Waals surface area contributed by atoms with Crippen LogP contribution in [0.2, 0.25) is 0 Å². The van der Waals surface area contributed by atoms with E-state index in [0.29, 0.717) is 12.2 Å². The van der Waals surface area contributed by atoms with Crippen molar-refractivity contribution < 1.29 is 14.0 Å². The molecule has 3 rings (SSSR count). The predicted octanol–water partition coefficient (Wildman–Crippen LogP) is 1.73. The number of rotatable bonds is 6. The van der Waals surface area contributed by atoms with Crippen LogP contribution in [-0.4, -0.2) is 28.1 Å². The molecule has 0 fully saturated rings. The van der Waals surface area contributed by atoms with Crippen LogP contribution in [0, 0.1) is 12.7 Å². The summed E-state index contributed by atoms with van der Waals surface area (Å²) in [4.78, 5) is 36.5. The van der Waals surface area contributed by atoms with Crippen molar-refractivity contribution in [1.82, 2.24) is 20.4 Å². The van der Waals surface area contributed by atoms with Crippen LogP contribution in [-0.2, 0) is 11.3 Å². The Bertz CT molecular complexity index is 1100. The lowest BCUT2D eigenvalue weighted by molar-refractivity contribution is -0.120. The summed E-state index contributed by atoms with van der Waals surface area (Å²) >= 11 is 0. The monoisotopic (exact) mass is 394 g/mol. The molecule has 1 heterocycles. The van der Waals surface area contributed by atoms with Gasteiger partial charge in [0.25, 0.3) is 5.91 Å². The zero-order chi connectivity index (χ0) is 20.8. The van der Waals surface area contributed by atoms with Crippen molar-refractivity contribution in [3.63, 3.8) is 0 Å². The topological polar surface area (TPSA) is 93.1 Å². The largest absolute Gasteiger partial charge is 0.350 e. The third-order valence-electron chi connectivity index (χ3n) is 4.15. The molecular weight excluding hydrogens is 375 g/mol. The van der Waals surface area contributed by atoms with Gasteiger partial charge in [0.1, 0.15) is 11.5 Å². The van der Waals surface area contributed by atoms with Gasteiger partial charge in [0.05, 0.1) is 6.54 Å². The molecule has 0 aliphatic carbocycles. The Morgan fingerprint density at radius 1 is 1.03 bits per heavy atom. The SMILES string of the molecule is Cc1cc(=O)c(C(=O)NCC(=O)NCc2ccccc2)nn1-c1ccccc1F. The van der Waals surface area contributed by atoms with Crippen molar-refractivity contribution >= 4 is 11.8 Å². The molecule has 29 heavy (non-hydrogen) atoms. The molecule has 0 saturated carbocycles. The molecule has 0 bridgehead atoms. The molecule has 0 atom stereocenters. The maximum atomic E-state index is 14.1. The minimum atomic E-state index is -0.810. The first-order valence-corrected chi connectivity index (χ1v) is 8.90. The summed E-state index contributed by atoms with van der Waals surface area (Å²) in [6, 6.07) is 16.4. The summed E-state index contributed by atoms with van der Waals surface area (Å²) in [6.45, 7) is 1.58. The maximum Gasteiger partial charge on any atom is 0.276 e. The molecule has 0 saturated heterocycles. The van der Waals surface area contributed by atoms with Crippen LogP contribution in [0.5, 0.6) is 0 Å². The van der Waals surface area contributed by atoms with E-state index in [-0.39, 0.29) is 12.2 Å². The summed E-state index contributed by atoms with van der Waals surface area (Å²) in [5, 5.41) is 9.03. The molecule has 1 aromatic heterocycles. The Kier molecular flexibility index (Phi) is 6.13. The van der Waals surface area contributed by atoms with Crippen molar-refractivity contribution in [1.29, 1.82) is 0 Å². The number of hydrogen-bond acceptors (Lipinski definition) is 4.